The summed E-state index contributed by atoms with van der Waals surface area (Å²) in [5, 5.41) is 0.610. The first-order chi connectivity index (χ1) is 10.1. The summed E-state index contributed by atoms with van der Waals surface area (Å²) in [6.45, 7) is 7.51. The van der Waals surface area contributed by atoms with Crippen molar-refractivity contribution in [2.24, 2.45) is 10.8 Å². The van der Waals surface area contributed by atoms with Crippen molar-refractivity contribution in [1.82, 2.24) is 0 Å². The first-order valence-corrected chi connectivity index (χ1v) is 7.74. The number of esters is 2. The highest BCUT2D eigenvalue weighted by atomic mass is 35.5. The van der Waals surface area contributed by atoms with E-state index in [-0.39, 0.29) is 5.97 Å². The Morgan fingerprint density at radius 1 is 1.27 bits per heavy atom. The Kier molecular flexibility index (Phi) is 3.12. The van der Waals surface area contributed by atoms with Crippen molar-refractivity contribution >= 4 is 23.5 Å². The van der Waals surface area contributed by atoms with Crippen LogP contribution in [0.3, 0.4) is 0 Å². The van der Waals surface area contributed by atoms with Gasteiger partial charge in [0.1, 0.15) is 5.75 Å². The number of benzene rings is 1. The molecule has 0 amide bonds. The van der Waals surface area contributed by atoms with Crippen molar-refractivity contribution in [3.05, 3.63) is 28.8 Å². The van der Waals surface area contributed by atoms with Crippen molar-refractivity contribution < 1.29 is 19.1 Å². The van der Waals surface area contributed by atoms with Gasteiger partial charge in [0.25, 0.3) is 0 Å². The number of aryl methyl sites for hydroxylation is 1. The Labute approximate surface area is 134 Å². The van der Waals surface area contributed by atoms with Crippen LogP contribution in [0.1, 0.15) is 39.2 Å². The van der Waals surface area contributed by atoms with Crippen LogP contribution in [0.15, 0.2) is 18.2 Å². The molecule has 1 saturated carbocycles. The highest BCUT2D eigenvalue weighted by Gasteiger charge is 2.76. The minimum Gasteiger partial charge on any atom is -0.446 e. The lowest BCUT2D eigenvalue weighted by atomic mass is 9.66. The second-order valence-electron chi connectivity index (χ2n) is 6.97. The summed E-state index contributed by atoms with van der Waals surface area (Å²) >= 11 is 5.98. The van der Waals surface area contributed by atoms with Crippen LogP contribution in [0.4, 0.5) is 0 Å². The number of ether oxygens (including phenoxy) is 2. The molecule has 0 N–H and O–H groups in total. The minimum atomic E-state index is -1.20. The smallest absolute Gasteiger partial charge is 0.356 e. The third-order valence-corrected chi connectivity index (χ3v) is 6.18. The molecule has 1 aliphatic carbocycles. The molecule has 2 bridgehead atoms. The van der Waals surface area contributed by atoms with Crippen LogP contribution in [0.2, 0.25) is 5.02 Å². The predicted octanol–water partition coefficient (Wildman–Crippen LogP) is 3.68. The van der Waals surface area contributed by atoms with Gasteiger partial charge in [-0.2, -0.15) is 0 Å². The van der Waals surface area contributed by atoms with E-state index in [9.17, 15) is 9.59 Å². The Balaban J connectivity index is 1.92. The Bertz CT molecular complexity index is 681. The van der Waals surface area contributed by atoms with Gasteiger partial charge in [-0.15, -0.1) is 0 Å². The quantitative estimate of drug-likeness (QED) is 0.615. The van der Waals surface area contributed by atoms with Crippen LogP contribution in [-0.4, -0.2) is 17.5 Å². The minimum absolute atomic E-state index is 0.312. The Hall–Kier alpha value is -1.55. The highest BCUT2D eigenvalue weighted by molar-refractivity contribution is 6.31. The molecule has 1 heterocycles. The fourth-order valence-electron chi connectivity index (χ4n) is 3.57. The summed E-state index contributed by atoms with van der Waals surface area (Å²) in [6.07, 6.45) is 1.13. The zero-order chi connectivity index (χ0) is 16.3. The fourth-order valence-corrected chi connectivity index (χ4v) is 3.69. The molecule has 0 unspecified atom stereocenters. The van der Waals surface area contributed by atoms with E-state index in [0.717, 1.165) is 5.56 Å². The van der Waals surface area contributed by atoms with E-state index in [1.807, 2.05) is 27.7 Å². The van der Waals surface area contributed by atoms with Crippen molar-refractivity contribution in [2.75, 3.05) is 0 Å². The number of hydrogen-bond acceptors (Lipinski definition) is 4. The molecule has 4 nitrogen and oxygen atoms in total. The van der Waals surface area contributed by atoms with E-state index in [4.69, 9.17) is 21.1 Å². The molecule has 0 spiro atoms. The number of fused-ring (bicyclic) bond motifs is 2. The Morgan fingerprint density at radius 3 is 2.45 bits per heavy atom. The number of halogens is 1. The van der Waals surface area contributed by atoms with E-state index >= 15 is 0 Å². The van der Waals surface area contributed by atoms with Crippen molar-refractivity contribution in [1.29, 1.82) is 0 Å². The maximum Gasteiger partial charge on any atom is 0.356 e. The molecule has 3 rings (SSSR count). The Morgan fingerprint density at radius 2 is 1.95 bits per heavy atom. The predicted molar refractivity (Wildman–Crippen MR) is 81.8 cm³/mol. The van der Waals surface area contributed by atoms with Gasteiger partial charge in [0.15, 0.2) is 0 Å². The molecule has 5 heteroatoms. The summed E-state index contributed by atoms with van der Waals surface area (Å²) < 4.78 is 11.0. The summed E-state index contributed by atoms with van der Waals surface area (Å²) in [7, 11) is 0. The molecule has 2 aliphatic rings. The topological polar surface area (TPSA) is 52.6 Å². The van der Waals surface area contributed by atoms with E-state index in [0.29, 0.717) is 23.6 Å². The number of rotatable bonds is 2. The third kappa shape index (κ3) is 1.70. The van der Waals surface area contributed by atoms with E-state index in [2.05, 4.69) is 0 Å². The van der Waals surface area contributed by atoms with E-state index in [1.165, 1.54) is 0 Å². The molecule has 1 aromatic carbocycles. The zero-order valence-electron chi connectivity index (χ0n) is 13.2. The maximum absolute atomic E-state index is 12.8. The van der Waals surface area contributed by atoms with Gasteiger partial charge in [-0.05, 0) is 50.5 Å². The van der Waals surface area contributed by atoms with Crippen LogP contribution >= 0.6 is 11.6 Å². The second-order valence-corrected chi connectivity index (χ2v) is 7.38. The lowest BCUT2D eigenvalue weighted by Crippen LogP contribution is -2.50. The normalized spacial score (nSPS) is 32.0. The molecule has 22 heavy (non-hydrogen) atoms. The van der Waals surface area contributed by atoms with Crippen LogP contribution in [0, 0.1) is 17.8 Å². The number of carbonyl (C=O) groups excluding carboxylic acids is 2. The van der Waals surface area contributed by atoms with Crippen LogP contribution in [0.5, 0.6) is 5.75 Å². The van der Waals surface area contributed by atoms with Crippen molar-refractivity contribution in [2.45, 2.75) is 46.1 Å². The van der Waals surface area contributed by atoms with E-state index in [1.54, 1.807) is 18.2 Å². The average Bonchev–Trinajstić information content (AvgIpc) is 2.73. The molecule has 118 valence electrons. The van der Waals surface area contributed by atoms with Crippen molar-refractivity contribution in [3.63, 3.8) is 0 Å². The average molecular weight is 323 g/mol. The summed E-state index contributed by atoms with van der Waals surface area (Å²) in [6, 6.07) is 5.03. The molecule has 2 atom stereocenters. The molecule has 0 radical (unpaired) electrons. The lowest BCUT2D eigenvalue weighted by molar-refractivity contribution is -0.176. The van der Waals surface area contributed by atoms with E-state index < -0.39 is 22.4 Å². The first-order valence-electron chi connectivity index (χ1n) is 7.36. The van der Waals surface area contributed by atoms with Gasteiger partial charge in [-0.25, -0.2) is 4.79 Å². The summed E-state index contributed by atoms with van der Waals surface area (Å²) in [5.41, 5.74) is -1.62. The van der Waals surface area contributed by atoms with Crippen LogP contribution in [-0.2, 0) is 14.3 Å². The molecular weight excluding hydrogens is 304 g/mol. The van der Waals surface area contributed by atoms with Gasteiger partial charge in [0.05, 0.1) is 5.41 Å². The maximum atomic E-state index is 12.8. The summed E-state index contributed by atoms with van der Waals surface area (Å²) in [5.74, 6) is -0.407. The number of carbonyl (C=O) groups is 2. The zero-order valence-corrected chi connectivity index (χ0v) is 13.9. The van der Waals surface area contributed by atoms with Gasteiger partial charge in [-0.3, -0.25) is 4.79 Å². The monoisotopic (exact) mass is 322 g/mol. The largest absolute Gasteiger partial charge is 0.446 e. The first kappa shape index (κ1) is 15.3. The molecule has 1 saturated heterocycles. The van der Waals surface area contributed by atoms with Gasteiger partial charge >= 0.3 is 11.9 Å². The molecule has 1 aliphatic heterocycles. The molecular formula is C17H19ClO4. The van der Waals surface area contributed by atoms with Crippen LogP contribution in [0.25, 0.3) is 0 Å². The third-order valence-electron chi connectivity index (χ3n) is 5.75. The molecule has 0 aromatic heterocycles. The molecule has 1 aromatic rings. The van der Waals surface area contributed by atoms with Gasteiger partial charge in [0.2, 0.25) is 5.60 Å². The van der Waals surface area contributed by atoms with Gasteiger partial charge in [-0.1, -0.05) is 25.4 Å². The number of hydrogen-bond donors (Lipinski definition) is 0. The SMILES string of the molecule is Cc1cc(OC(=O)[C@@]23CC[C@@](C)(C(=O)O2)C3(C)C)ccc1Cl. The van der Waals surface area contributed by atoms with Crippen LogP contribution < -0.4 is 4.74 Å². The highest BCUT2D eigenvalue weighted by Crippen LogP contribution is 2.65. The lowest BCUT2D eigenvalue weighted by Gasteiger charge is -2.34. The van der Waals surface area contributed by atoms with Gasteiger partial charge < -0.3 is 9.47 Å². The standard InChI is InChI=1S/C17H19ClO4/c1-10-9-11(5-6-12(10)18)21-14(20)17-8-7-16(4,13(19)22-17)15(17,2)3/h5-6,9H,7-8H2,1-4H3/t16-,17+/m0/s1. The molecule has 2 fully saturated rings. The van der Waals surface area contributed by atoms with Gasteiger partial charge in [0, 0.05) is 10.4 Å². The van der Waals surface area contributed by atoms with Crippen molar-refractivity contribution in [3.8, 4) is 5.75 Å². The second kappa shape index (κ2) is 4.48. The summed E-state index contributed by atoms with van der Waals surface area (Å²) in [4.78, 5) is 24.9. The fraction of sp³-hybridized carbons (Fsp3) is 0.529.